The van der Waals surface area contributed by atoms with Crippen LogP contribution in [0, 0.1) is 6.92 Å². The highest BCUT2D eigenvalue weighted by molar-refractivity contribution is 7.89. The van der Waals surface area contributed by atoms with Gasteiger partial charge in [-0.15, -0.1) is 10.2 Å². The van der Waals surface area contributed by atoms with E-state index in [0.717, 1.165) is 5.82 Å². The molecule has 1 aliphatic heterocycles. The number of hydrogen-bond acceptors (Lipinski definition) is 8. The van der Waals surface area contributed by atoms with E-state index in [2.05, 4.69) is 15.2 Å². The Kier molecular flexibility index (Phi) is 6.80. The summed E-state index contributed by atoms with van der Waals surface area (Å²) >= 11 is 0. The van der Waals surface area contributed by atoms with Crippen molar-refractivity contribution in [2.75, 3.05) is 44.3 Å². The molecule has 0 atom stereocenters. The molecule has 0 radical (unpaired) electrons. The lowest BCUT2D eigenvalue weighted by Gasteiger charge is -2.34. The van der Waals surface area contributed by atoms with Gasteiger partial charge in [-0.25, -0.2) is 13.4 Å². The molecule has 4 rings (SSSR count). The largest absolute Gasteiger partial charge is 0.494 e. The molecule has 0 bridgehead atoms. The predicted octanol–water partition coefficient (Wildman–Crippen LogP) is 2.28. The zero-order valence-electron chi connectivity index (χ0n) is 19.0. The molecule has 3 aromatic rings. The van der Waals surface area contributed by atoms with Crippen molar-refractivity contribution in [2.45, 2.75) is 25.7 Å². The zero-order chi connectivity index (χ0) is 23.4. The summed E-state index contributed by atoms with van der Waals surface area (Å²) in [7, 11) is -3.71. The molecular formula is C22H28N6O4S. The van der Waals surface area contributed by atoms with Gasteiger partial charge in [-0.3, -0.25) is 4.57 Å². The number of imidazole rings is 1. The molecule has 11 heteroatoms. The van der Waals surface area contributed by atoms with Crippen LogP contribution in [0.15, 0.2) is 47.6 Å². The molecule has 2 aromatic heterocycles. The van der Waals surface area contributed by atoms with Crippen molar-refractivity contribution in [2.24, 2.45) is 0 Å². The molecule has 1 fully saturated rings. The summed E-state index contributed by atoms with van der Waals surface area (Å²) in [4.78, 5) is 6.39. The Labute approximate surface area is 193 Å². The van der Waals surface area contributed by atoms with Gasteiger partial charge in [0.25, 0.3) is 0 Å². The molecule has 1 aliphatic rings. The second-order valence-electron chi connectivity index (χ2n) is 7.46. The molecule has 176 valence electrons. The molecule has 0 amide bonds. The average molecular weight is 473 g/mol. The Morgan fingerprint density at radius 2 is 1.64 bits per heavy atom. The molecule has 0 spiro atoms. The van der Waals surface area contributed by atoms with Crippen LogP contribution in [0.4, 0.5) is 5.82 Å². The maximum Gasteiger partial charge on any atom is 0.246 e. The van der Waals surface area contributed by atoms with E-state index in [1.54, 1.807) is 24.4 Å². The smallest absolute Gasteiger partial charge is 0.246 e. The van der Waals surface area contributed by atoms with Gasteiger partial charge in [0.15, 0.2) is 11.6 Å². The van der Waals surface area contributed by atoms with Crippen LogP contribution in [-0.4, -0.2) is 71.9 Å². The van der Waals surface area contributed by atoms with Crippen molar-refractivity contribution < 1.29 is 17.9 Å². The third-order valence-corrected chi connectivity index (χ3v) is 7.35. The Morgan fingerprint density at radius 1 is 0.939 bits per heavy atom. The Morgan fingerprint density at radius 3 is 2.24 bits per heavy atom. The molecule has 3 heterocycles. The predicted molar refractivity (Wildman–Crippen MR) is 124 cm³/mol. The first-order valence-electron chi connectivity index (χ1n) is 10.9. The minimum Gasteiger partial charge on any atom is -0.494 e. The number of anilines is 1. The van der Waals surface area contributed by atoms with Gasteiger partial charge in [0.1, 0.15) is 22.2 Å². The maximum atomic E-state index is 13.4. The number of ether oxygens (including phenoxy) is 2. The number of aryl methyl sites for hydroxylation is 1. The fourth-order valence-electron chi connectivity index (χ4n) is 3.76. The Hall–Kier alpha value is -3.18. The molecule has 0 N–H and O–H groups in total. The van der Waals surface area contributed by atoms with Crippen molar-refractivity contribution in [1.82, 2.24) is 24.1 Å². The number of sulfonamides is 1. The Balaban J connectivity index is 1.46. The van der Waals surface area contributed by atoms with E-state index < -0.39 is 10.0 Å². The third kappa shape index (κ3) is 4.79. The SMILES string of the molecule is CCOc1ccc(S(=O)(=O)N2CCN(c3ccc(-n4ccnc4C)nn3)CC2)c(OCC)c1. The summed E-state index contributed by atoms with van der Waals surface area (Å²) < 4.78 is 41.2. The van der Waals surface area contributed by atoms with Crippen molar-refractivity contribution in [3.8, 4) is 17.3 Å². The number of hydrogen-bond donors (Lipinski definition) is 0. The van der Waals surface area contributed by atoms with Crippen molar-refractivity contribution >= 4 is 15.8 Å². The number of aromatic nitrogens is 4. The fraction of sp³-hybridized carbons (Fsp3) is 0.409. The van der Waals surface area contributed by atoms with Gasteiger partial charge >= 0.3 is 0 Å². The topological polar surface area (TPSA) is 103 Å². The van der Waals surface area contributed by atoms with Gasteiger partial charge in [-0.1, -0.05) is 0 Å². The lowest BCUT2D eigenvalue weighted by Crippen LogP contribution is -2.49. The first-order valence-corrected chi connectivity index (χ1v) is 12.4. The molecule has 0 saturated carbocycles. The van der Waals surface area contributed by atoms with E-state index >= 15 is 0 Å². The summed E-state index contributed by atoms with van der Waals surface area (Å²) in [6, 6.07) is 8.63. The van der Waals surface area contributed by atoms with E-state index in [0.29, 0.717) is 62.5 Å². The average Bonchev–Trinajstić information content (AvgIpc) is 3.25. The van der Waals surface area contributed by atoms with Crippen LogP contribution in [0.2, 0.25) is 0 Å². The zero-order valence-corrected chi connectivity index (χ0v) is 19.8. The second kappa shape index (κ2) is 9.75. The molecule has 1 aromatic carbocycles. The summed E-state index contributed by atoms with van der Waals surface area (Å²) in [5.41, 5.74) is 0. The molecular weight excluding hydrogens is 444 g/mol. The second-order valence-corrected chi connectivity index (χ2v) is 9.37. The minimum atomic E-state index is -3.71. The van der Waals surface area contributed by atoms with Gasteiger partial charge in [-0.05, 0) is 45.0 Å². The van der Waals surface area contributed by atoms with Crippen LogP contribution < -0.4 is 14.4 Å². The highest BCUT2D eigenvalue weighted by Crippen LogP contribution is 2.31. The number of benzene rings is 1. The monoisotopic (exact) mass is 472 g/mol. The number of nitrogens with zero attached hydrogens (tertiary/aromatic N) is 6. The van der Waals surface area contributed by atoms with Gasteiger partial charge in [-0.2, -0.15) is 4.31 Å². The van der Waals surface area contributed by atoms with Gasteiger partial charge < -0.3 is 14.4 Å². The van der Waals surface area contributed by atoms with Crippen LogP contribution >= 0.6 is 0 Å². The van der Waals surface area contributed by atoms with E-state index in [-0.39, 0.29) is 4.90 Å². The summed E-state index contributed by atoms with van der Waals surface area (Å²) in [5, 5.41) is 8.63. The molecule has 33 heavy (non-hydrogen) atoms. The fourth-order valence-corrected chi connectivity index (χ4v) is 5.29. The lowest BCUT2D eigenvalue weighted by molar-refractivity contribution is 0.314. The summed E-state index contributed by atoms with van der Waals surface area (Å²) in [5.74, 6) is 3.12. The normalized spacial score (nSPS) is 14.9. The number of rotatable bonds is 8. The van der Waals surface area contributed by atoms with E-state index in [9.17, 15) is 8.42 Å². The molecule has 10 nitrogen and oxygen atoms in total. The van der Waals surface area contributed by atoms with Crippen LogP contribution in [0.3, 0.4) is 0 Å². The number of piperazine rings is 1. The maximum absolute atomic E-state index is 13.4. The van der Waals surface area contributed by atoms with Crippen molar-refractivity contribution in [3.05, 3.63) is 48.5 Å². The van der Waals surface area contributed by atoms with Crippen LogP contribution in [-0.2, 0) is 10.0 Å². The minimum absolute atomic E-state index is 0.154. The standard InChI is InChI=1S/C22H28N6O4S/c1-4-31-18-6-7-20(19(16-18)32-5-2)33(29,30)27-14-12-26(13-15-27)21-8-9-22(25-24-21)28-11-10-23-17(28)3/h6-11,16H,4-5,12-15H2,1-3H3. The first-order chi connectivity index (χ1) is 15.9. The van der Waals surface area contributed by atoms with Gasteiger partial charge in [0.05, 0.1) is 13.2 Å². The van der Waals surface area contributed by atoms with Crippen molar-refractivity contribution in [3.63, 3.8) is 0 Å². The lowest BCUT2D eigenvalue weighted by atomic mass is 10.3. The highest BCUT2D eigenvalue weighted by Gasteiger charge is 2.31. The van der Waals surface area contributed by atoms with E-state index in [1.807, 2.05) is 48.6 Å². The van der Waals surface area contributed by atoms with Gasteiger partial charge in [0, 0.05) is 44.6 Å². The van der Waals surface area contributed by atoms with E-state index in [1.165, 1.54) is 4.31 Å². The molecule has 1 saturated heterocycles. The summed E-state index contributed by atoms with van der Waals surface area (Å²) in [6.45, 7) is 8.15. The quantitative estimate of drug-likeness (QED) is 0.492. The molecule has 0 unspecified atom stereocenters. The molecule has 0 aliphatic carbocycles. The summed E-state index contributed by atoms with van der Waals surface area (Å²) in [6.07, 6.45) is 3.55. The van der Waals surface area contributed by atoms with Crippen LogP contribution in [0.25, 0.3) is 5.82 Å². The van der Waals surface area contributed by atoms with Crippen molar-refractivity contribution in [1.29, 1.82) is 0 Å². The van der Waals surface area contributed by atoms with Crippen LogP contribution in [0.5, 0.6) is 11.5 Å². The highest BCUT2D eigenvalue weighted by atomic mass is 32.2. The van der Waals surface area contributed by atoms with E-state index in [4.69, 9.17) is 9.47 Å². The van der Waals surface area contributed by atoms with Crippen LogP contribution in [0.1, 0.15) is 19.7 Å². The Bertz CT molecular complexity index is 1190. The first kappa shape index (κ1) is 23.0. The third-order valence-electron chi connectivity index (χ3n) is 5.42. The van der Waals surface area contributed by atoms with Gasteiger partial charge in [0.2, 0.25) is 10.0 Å².